The number of carbonyl (C=O) groups excluding carboxylic acids is 1. The monoisotopic (exact) mass is 713 g/mol. The number of alkyl halides is 3. The van der Waals surface area contributed by atoms with Gasteiger partial charge in [0.1, 0.15) is 17.0 Å². The molecule has 7 rings (SSSR count). The summed E-state index contributed by atoms with van der Waals surface area (Å²) >= 11 is 0. The molecular weight excluding hydrogens is 670 g/mol. The number of carboxylic acids is 1. The number of hydrogen-bond acceptors (Lipinski definition) is 9. The number of rotatable bonds is 12. The molecule has 0 amide bonds. The summed E-state index contributed by atoms with van der Waals surface area (Å²) in [4.78, 5) is 34.7. The molecule has 1 N–H and O–H groups in total. The fraction of sp³-hybridized carbons (Fsp3) is 0.514. The van der Waals surface area contributed by atoms with Gasteiger partial charge in [0, 0.05) is 93.2 Å². The van der Waals surface area contributed by atoms with E-state index in [-0.39, 0.29) is 47.3 Å². The number of pyridine rings is 2. The minimum absolute atomic E-state index is 0. The van der Waals surface area contributed by atoms with Gasteiger partial charge >= 0.3 is 35.7 Å². The van der Waals surface area contributed by atoms with E-state index in [0.717, 1.165) is 99.8 Å². The third-order valence-electron chi connectivity index (χ3n) is 10.5. The number of carboxylic acid groups (broad SMARTS) is 1. The van der Waals surface area contributed by atoms with Crippen LogP contribution >= 0.6 is 0 Å². The van der Waals surface area contributed by atoms with Crippen molar-refractivity contribution in [3.05, 3.63) is 53.9 Å². The topological polar surface area (TPSA) is 114 Å². The van der Waals surface area contributed by atoms with Crippen LogP contribution in [0, 0.1) is 5.41 Å². The zero-order valence-corrected chi connectivity index (χ0v) is 31.6. The third kappa shape index (κ3) is 8.54. The van der Waals surface area contributed by atoms with Crippen molar-refractivity contribution in [3.8, 4) is 22.6 Å². The van der Waals surface area contributed by atoms with Crippen molar-refractivity contribution in [1.29, 1.82) is 0 Å². The van der Waals surface area contributed by atoms with Crippen molar-refractivity contribution < 1.29 is 57.4 Å². The van der Waals surface area contributed by atoms with Crippen LogP contribution in [0.1, 0.15) is 62.3 Å². The van der Waals surface area contributed by atoms with Crippen LogP contribution < -0.4 is 44.5 Å². The van der Waals surface area contributed by atoms with Gasteiger partial charge in [-0.1, -0.05) is 12.8 Å². The second kappa shape index (κ2) is 15.4. The molecule has 3 aromatic heterocycles. The van der Waals surface area contributed by atoms with Gasteiger partial charge in [-0.15, -0.1) is 0 Å². The average Bonchev–Trinajstić information content (AvgIpc) is 3.71. The standard InChI is InChI=1S/C37H44F3N7O3.Na/c1-45(22-36(23-50-2)12-3-4-13-36)30-21-29(26-19-28(24-5-6-24)41-31(20-26)37(38,39)40)42-35-33(30)43-34(44-35)25-7-9-27(10-8-25)47-17-15-46(16-18-47)14-11-32(48)49;/h7-10,19-21,24H,3-6,11-18,22-23H2,1-2H3,(H,48,49)(H,42,43,44);/q;+1/p-1. The van der Waals surface area contributed by atoms with E-state index in [2.05, 4.69) is 36.8 Å². The van der Waals surface area contributed by atoms with Crippen LogP contribution in [0.3, 0.4) is 0 Å². The number of ether oxygens (including phenoxy) is 1. The second-order valence-electron chi connectivity index (χ2n) is 14.2. The zero-order chi connectivity index (χ0) is 35.0. The number of hydrogen-bond donors (Lipinski definition) is 1. The van der Waals surface area contributed by atoms with E-state index in [0.29, 0.717) is 41.6 Å². The van der Waals surface area contributed by atoms with Crippen molar-refractivity contribution in [2.24, 2.45) is 5.41 Å². The van der Waals surface area contributed by atoms with Crippen molar-refractivity contribution in [2.45, 2.75) is 57.0 Å². The van der Waals surface area contributed by atoms with Crippen LogP contribution in [-0.4, -0.2) is 90.8 Å². The van der Waals surface area contributed by atoms with E-state index in [9.17, 15) is 23.1 Å². The van der Waals surface area contributed by atoms with E-state index in [4.69, 9.17) is 14.7 Å². The maximum absolute atomic E-state index is 14.0. The number of carbonyl (C=O) groups is 1. The average molecular weight is 714 g/mol. The van der Waals surface area contributed by atoms with Crippen LogP contribution in [0.15, 0.2) is 42.5 Å². The van der Waals surface area contributed by atoms with Crippen molar-refractivity contribution in [2.75, 3.05) is 69.8 Å². The summed E-state index contributed by atoms with van der Waals surface area (Å²) < 4.78 is 47.7. The molecule has 0 atom stereocenters. The SMILES string of the molecule is COCC1(CN(C)c2cc(-c3cc(C4CC4)nc(C(F)(F)F)c3)nc3nc(-c4ccc(N5CCN(CCC(=O)[O-])CC5)cc4)[nH]c23)CCCC1.[Na+]. The molecule has 14 heteroatoms. The second-order valence-corrected chi connectivity index (χ2v) is 14.2. The Balaban J connectivity index is 0.00000448. The number of fused-ring (bicyclic) bond motifs is 1. The summed E-state index contributed by atoms with van der Waals surface area (Å²) in [5.41, 5.74) is 4.24. The van der Waals surface area contributed by atoms with Gasteiger partial charge in [-0.05, 0) is 74.6 Å². The number of benzene rings is 1. The number of aromatic nitrogens is 4. The number of halogens is 3. The number of H-pyrrole nitrogens is 1. The van der Waals surface area contributed by atoms with Gasteiger partial charge in [0.05, 0.1) is 18.0 Å². The van der Waals surface area contributed by atoms with Crippen LogP contribution in [0.25, 0.3) is 33.8 Å². The van der Waals surface area contributed by atoms with E-state index in [1.807, 2.05) is 25.2 Å². The number of piperazine rings is 1. The van der Waals surface area contributed by atoms with Gasteiger partial charge in [0.25, 0.3) is 0 Å². The predicted molar refractivity (Wildman–Crippen MR) is 184 cm³/mol. The van der Waals surface area contributed by atoms with E-state index >= 15 is 0 Å². The summed E-state index contributed by atoms with van der Waals surface area (Å²) in [6.45, 7) is 4.98. The molecule has 1 saturated heterocycles. The first-order valence-corrected chi connectivity index (χ1v) is 17.5. The van der Waals surface area contributed by atoms with Gasteiger partial charge < -0.3 is 29.4 Å². The Bertz CT molecular complexity index is 1830. The molecule has 1 aliphatic heterocycles. The molecular formula is C37H43F3N7NaO3. The van der Waals surface area contributed by atoms with Crippen LogP contribution in [0.5, 0.6) is 0 Å². The molecule has 4 heterocycles. The summed E-state index contributed by atoms with van der Waals surface area (Å²) in [6.07, 6.45) is 1.49. The number of methoxy groups -OCH3 is 1. The quantitative estimate of drug-likeness (QED) is 0.222. The molecule has 1 aromatic carbocycles. The number of anilines is 2. The van der Waals surface area contributed by atoms with Gasteiger partial charge in [0.2, 0.25) is 0 Å². The largest absolute Gasteiger partial charge is 1.00 e. The normalized spacial score (nSPS) is 17.9. The third-order valence-corrected chi connectivity index (χ3v) is 10.5. The van der Waals surface area contributed by atoms with E-state index < -0.39 is 17.8 Å². The molecule has 0 spiro atoms. The molecule has 3 fully saturated rings. The first-order chi connectivity index (χ1) is 24.0. The van der Waals surface area contributed by atoms with E-state index in [1.54, 1.807) is 13.2 Å². The first kappa shape index (κ1) is 37.5. The molecule has 266 valence electrons. The molecule has 0 bridgehead atoms. The Kier molecular flexibility index (Phi) is 11.3. The Morgan fingerprint density at radius 2 is 1.73 bits per heavy atom. The number of nitrogens with one attached hydrogen (secondary N) is 1. The molecule has 4 aromatic rings. The fourth-order valence-corrected chi connectivity index (χ4v) is 7.67. The van der Waals surface area contributed by atoms with Gasteiger partial charge in [-0.25, -0.2) is 15.0 Å². The molecule has 0 unspecified atom stereocenters. The number of imidazole rings is 1. The smallest absolute Gasteiger partial charge is 0.550 e. The van der Waals surface area contributed by atoms with Gasteiger partial charge in [-0.3, -0.25) is 4.90 Å². The summed E-state index contributed by atoms with van der Waals surface area (Å²) in [6, 6.07) is 12.8. The van der Waals surface area contributed by atoms with Crippen LogP contribution in [-0.2, 0) is 15.7 Å². The van der Waals surface area contributed by atoms with Crippen LogP contribution in [0.4, 0.5) is 24.5 Å². The molecule has 10 nitrogen and oxygen atoms in total. The summed E-state index contributed by atoms with van der Waals surface area (Å²) in [7, 11) is 3.75. The first-order valence-electron chi connectivity index (χ1n) is 17.5. The van der Waals surface area contributed by atoms with Crippen molar-refractivity contribution in [3.63, 3.8) is 0 Å². The fourth-order valence-electron chi connectivity index (χ4n) is 7.67. The van der Waals surface area contributed by atoms with Crippen LogP contribution in [0.2, 0.25) is 0 Å². The Morgan fingerprint density at radius 1 is 1.02 bits per heavy atom. The number of aromatic amines is 1. The molecule has 2 aliphatic carbocycles. The maximum atomic E-state index is 14.0. The number of nitrogens with zero attached hydrogens (tertiary/aromatic N) is 6. The minimum Gasteiger partial charge on any atom is -0.550 e. The number of aliphatic carboxylic acids is 1. The predicted octanol–water partition coefficient (Wildman–Crippen LogP) is 2.49. The van der Waals surface area contributed by atoms with Crippen molar-refractivity contribution >= 4 is 28.5 Å². The summed E-state index contributed by atoms with van der Waals surface area (Å²) in [5.74, 6) is -0.371. The van der Waals surface area contributed by atoms with E-state index in [1.165, 1.54) is 0 Å². The van der Waals surface area contributed by atoms with Gasteiger partial charge in [0.15, 0.2) is 5.65 Å². The minimum atomic E-state index is -4.57. The summed E-state index contributed by atoms with van der Waals surface area (Å²) in [5, 5.41) is 10.8. The van der Waals surface area contributed by atoms with Crippen molar-refractivity contribution in [1.82, 2.24) is 24.8 Å². The Labute approximate surface area is 318 Å². The maximum Gasteiger partial charge on any atom is 1.00 e. The zero-order valence-electron chi connectivity index (χ0n) is 29.6. The Morgan fingerprint density at radius 3 is 2.35 bits per heavy atom. The molecule has 2 saturated carbocycles. The Hall–Kier alpha value is -3.23. The molecule has 3 aliphatic rings. The van der Waals surface area contributed by atoms with Gasteiger partial charge in [-0.2, -0.15) is 13.2 Å². The molecule has 51 heavy (non-hydrogen) atoms. The molecule has 0 radical (unpaired) electrons.